The van der Waals surface area contributed by atoms with Gasteiger partial charge in [0.15, 0.2) is 6.61 Å². The van der Waals surface area contributed by atoms with Gasteiger partial charge in [-0.25, -0.2) is 12.8 Å². The molecule has 0 radical (unpaired) electrons. The van der Waals surface area contributed by atoms with Gasteiger partial charge in [0.05, 0.1) is 23.1 Å². The molecule has 32 heavy (non-hydrogen) atoms. The Morgan fingerprint density at radius 3 is 2.47 bits per heavy atom. The molecule has 3 rings (SSSR count). The molecular formula is C21H22ClFN2O6S. The van der Waals surface area contributed by atoms with Crippen molar-refractivity contribution in [1.29, 1.82) is 0 Å². The number of nitrogens with one attached hydrogen (secondary N) is 1. The van der Waals surface area contributed by atoms with Gasteiger partial charge in [-0.15, -0.1) is 0 Å². The Bertz CT molecular complexity index is 1070. The third-order valence-corrected chi connectivity index (χ3v) is 6.92. The normalized spacial score (nSPS) is 14.7. The lowest BCUT2D eigenvalue weighted by molar-refractivity contribution is -0.147. The highest BCUT2D eigenvalue weighted by Gasteiger charge is 2.26. The number of nitrogens with zero attached hydrogens (tertiary/aromatic N) is 1. The van der Waals surface area contributed by atoms with Gasteiger partial charge in [-0.2, -0.15) is 4.31 Å². The average molecular weight is 485 g/mol. The van der Waals surface area contributed by atoms with Crippen LogP contribution >= 0.6 is 11.6 Å². The van der Waals surface area contributed by atoms with Gasteiger partial charge in [0.25, 0.3) is 5.91 Å². The maximum Gasteiger partial charge on any atom is 0.306 e. The molecule has 1 amide bonds. The molecule has 0 atom stereocenters. The first-order valence-corrected chi connectivity index (χ1v) is 11.6. The highest BCUT2D eigenvalue weighted by Crippen LogP contribution is 2.20. The average Bonchev–Trinajstić information content (AvgIpc) is 2.79. The van der Waals surface area contributed by atoms with Crippen molar-refractivity contribution < 1.29 is 31.9 Å². The fraction of sp³-hybridized carbons (Fsp3) is 0.333. The minimum Gasteiger partial charge on any atom is -0.456 e. The minimum atomic E-state index is -3.57. The van der Waals surface area contributed by atoms with Crippen LogP contribution in [0.1, 0.15) is 12.0 Å². The number of halogens is 2. The van der Waals surface area contributed by atoms with Crippen molar-refractivity contribution in [2.24, 2.45) is 0 Å². The number of esters is 1. The second-order valence-corrected chi connectivity index (χ2v) is 9.34. The van der Waals surface area contributed by atoms with Crippen molar-refractivity contribution in [2.45, 2.75) is 17.7 Å². The van der Waals surface area contributed by atoms with Gasteiger partial charge in [-0.3, -0.25) is 9.59 Å². The molecule has 2 aromatic rings. The van der Waals surface area contributed by atoms with Crippen molar-refractivity contribution in [1.82, 2.24) is 4.31 Å². The zero-order valence-corrected chi connectivity index (χ0v) is 18.6. The number of amides is 1. The number of aryl methyl sites for hydroxylation is 1. The number of carbonyl (C=O) groups excluding carboxylic acids is 2. The van der Waals surface area contributed by atoms with Gasteiger partial charge < -0.3 is 14.8 Å². The Morgan fingerprint density at radius 1 is 1.12 bits per heavy atom. The van der Waals surface area contributed by atoms with E-state index in [4.69, 9.17) is 21.1 Å². The third kappa shape index (κ3) is 6.49. The van der Waals surface area contributed by atoms with E-state index in [1.807, 2.05) is 0 Å². The number of benzene rings is 2. The first kappa shape index (κ1) is 24.1. The van der Waals surface area contributed by atoms with Crippen molar-refractivity contribution in [3.8, 4) is 0 Å². The molecule has 0 saturated carbocycles. The lowest BCUT2D eigenvalue weighted by Crippen LogP contribution is -2.40. The van der Waals surface area contributed by atoms with Crippen LogP contribution in [0.25, 0.3) is 0 Å². The number of ether oxygens (including phenoxy) is 2. The highest BCUT2D eigenvalue weighted by molar-refractivity contribution is 7.89. The van der Waals surface area contributed by atoms with Crippen LogP contribution in [0.15, 0.2) is 47.4 Å². The maximum absolute atomic E-state index is 13.1. The zero-order valence-electron chi connectivity index (χ0n) is 17.1. The third-order valence-electron chi connectivity index (χ3n) is 4.72. The van der Waals surface area contributed by atoms with Gasteiger partial charge in [-0.05, 0) is 42.3 Å². The van der Waals surface area contributed by atoms with Crippen LogP contribution in [0.3, 0.4) is 0 Å². The molecule has 8 nitrogen and oxygen atoms in total. The molecule has 1 aliphatic heterocycles. The fourth-order valence-corrected chi connectivity index (χ4v) is 4.59. The predicted octanol–water partition coefficient (Wildman–Crippen LogP) is 2.61. The molecule has 0 spiro atoms. The molecule has 1 heterocycles. The maximum atomic E-state index is 13.1. The molecule has 1 N–H and O–H groups in total. The fourth-order valence-electron chi connectivity index (χ4n) is 3.00. The Hall–Kier alpha value is -2.53. The van der Waals surface area contributed by atoms with Gasteiger partial charge >= 0.3 is 5.97 Å². The number of morpholine rings is 1. The topological polar surface area (TPSA) is 102 Å². The summed E-state index contributed by atoms with van der Waals surface area (Å²) in [6.07, 6.45) is 0.344. The number of sulfonamides is 1. The predicted molar refractivity (Wildman–Crippen MR) is 115 cm³/mol. The summed E-state index contributed by atoms with van der Waals surface area (Å²) < 4.78 is 49.9. The molecular weight excluding hydrogens is 463 g/mol. The zero-order chi connectivity index (χ0) is 23.1. The smallest absolute Gasteiger partial charge is 0.306 e. The molecule has 0 bridgehead atoms. The van der Waals surface area contributed by atoms with Crippen LogP contribution in [0.5, 0.6) is 0 Å². The summed E-state index contributed by atoms with van der Waals surface area (Å²) in [7, 11) is -3.57. The number of anilines is 1. The minimum absolute atomic E-state index is 0.0191. The molecule has 1 fully saturated rings. The lowest BCUT2D eigenvalue weighted by atomic mass is 10.1. The molecule has 1 saturated heterocycles. The van der Waals surface area contributed by atoms with Crippen LogP contribution in [-0.2, 0) is 35.5 Å². The van der Waals surface area contributed by atoms with E-state index in [0.717, 1.165) is 11.6 Å². The van der Waals surface area contributed by atoms with Crippen molar-refractivity contribution >= 4 is 39.2 Å². The largest absolute Gasteiger partial charge is 0.456 e. The van der Waals surface area contributed by atoms with Gasteiger partial charge in [0, 0.05) is 25.2 Å². The standard InChI is InChI=1S/C21H22ClFN2O6S/c22-18-13-16(4-7-19(18)23)24-20(26)14-31-21(27)8-3-15-1-5-17(6-2-15)32(28,29)25-9-11-30-12-10-25/h1-2,4-7,13H,3,8-12,14H2,(H,24,26). The number of rotatable bonds is 8. The number of hydrogen-bond donors (Lipinski definition) is 1. The molecule has 0 aromatic heterocycles. The van der Waals surface area contributed by atoms with E-state index in [9.17, 15) is 22.4 Å². The molecule has 0 unspecified atom stereocenters. The van der Waals surface area contributed by atoms with E-state index in [0.29, 0.717) is 32.7 Å². The quantitative estimate of drug-likeness (QED) is 0.578. The summed E-state index contributed by atoms with van der Waals surface area (Å²) in [5, 5.41) is 2.31. The Labute approximate surface area is 190 Å². The van der Waals surface area contributed by atoms with Crippen LogP contribution in [-0.4, -0.2) is 57.5 Å². The van der Waals surface area contributed by atoms with Crippen molar-refractivity contribution in [3.05, 3.63) is 58.9 Å². The molecule has 2 aromatic carbocycles. The summed E-state index contributed by atoms with van der Waals surface area (Å²) in [5.74, 6) is -1.77. The van der Waals surface area contributed by atoms with E-state index in [1.54, 1.807) is 12.1 Å². The van der Waals surface area contributed by atoms with Crippen molar-refractivity contribution in [2.75, 3.05) is 38.2 Å². The lowest BCUT2D eigenvalue weighted by Gasteiger charge is -2.26. The van der Waals surface area contributed by atoms with Crippen LogP contribution < -0.4 is 5.32 Å². The van der Waals surface area contributed by atoms with Crippen LogP contribution in [0.2, 0.25) is 5.02 Å². The SMILES string of the molecule is O=C(COC(=O)CCc1ccc(S(=O)(=O)N2CCOCC2)cc1)Nc1ccc(F)c(Cl)c1. The van der Waals surface area contributed by atoms with Gasteiger partial charge in [-0.1, -0.05) is 23.7 Å². The Morgan fingerprint density at radius 2 is 1.81 bits per heavy atom. The second kappa shape index (κ2) is 10.9. The van der Waals surface area contributed by atoms with Crippen LogP contribution in [0.4, 0.5) is 10.1 Å². The summed E-state index contributed by atoms with van der Waals surface area (Å²) in [4.78, 5) is 24.0. The van der Waals surface area contributed by atoms with Crippen LogP contribution in [0, 0.1) is 5.82 Å². The monoisotopic (exact) mass is 484 g/mol. The summed E-state index contributed by atoms with van der Waals surface area (Å²) in [5.41, 5.74) is 1.04. The Kier molecular flexibility index (Phi) is 8.19. The second-order valence-electron chi connectivity index (χ2n) is 7.00. The van der Waals surface area contributed by atoms with E-state index in [1.165, 1.54) is 28.6 Å². The van der Waals surface area contributed by atoms with E-state index >= 15 is 0 Å². The number of hydrogen-bond acceptors (Lipinski definition) is 6. The first-order chi connectivity index (χ1) is 15.3. The highest BCUT2D eigenvalue weighted by atomic mass is 35.5. The molecule has 11 heteroatoms. The molecule has 1 aliphatic rings. The summed E-state index contributed by atoms with van der Waals surface area (Å²) in [6.45, 7) is 0.879. The number of carbonyl (C=O) groups is 2. The van der Waals surface area contributed by atoms with E-state index < -0.39 is 34.3 Å². The van der Waals surface area contributed by atoms with E-state index in [-0.39, 0.29) is 22.0 Å². The van der Waals surface area contributed by atoms with Crippen molar-refractivity contribution in [3.63, 3.8) is 0 Å². The molecule has 0 aliphatic carbocycles. The van der Waals surface area contributed by atoms with E-state index in [2.05, 4.69) is 5.32 Å². The Balaban J connectivity index is 1.44. The first-order valence-electron chi connectivity index (χ1n) is 9.83. The van der Waals surface area contributed by atoms with Gasteiger partial charge in [0.2, 0.25) is 10.0 Å². The molecule has 172 valence electrons. The summed E-state index contributed by atoms with van der Waals surface area (Å²) >= 11 is 5.65. The van der Waals surface area contributed by atoms with Gasteiger partial charge in [0.1, 0.15) is 5.82 Å². The summed E-state index contributed by atoms with van der Waals surface area (Å²) in [6, 6.07) is 10.0.